The predicted molar refractivity (Wildman–Crippen MR) is 88.7 cm³/mol. The van der Waals surface area contributed by atoms with Gasteiger partial charge in [-0.25, -0.2) is 0 Å². The molecule has 1 aliphatic heterocycles. The summed E-state index contributed by atoms with van der Waals surface area (Å²) < 4.78 is 66.4. The van der Waals surface area contributed by atoms with E-state index in [-0.39, 0.29) is 29.6 Å². The van der Waals surface area contributed by atoms with E-state index in [0.29, 0.717) is 12.1 Å². The maximum Gasteiger partial charge on any atom is 0.416 e. The standard InChI is InChI=1S/C13H14F3NO5S.CH2Cl2/c14-13(15,16)8-1-4-10(5-2-8)23(20,21)22-9-3-6-11(12(18)19)17-7-9;2-1-3/h1-2,4-5,9,11,17H,3,6-7H2,(H,18,19);1H2/t9-,11-;/m0./s1. The Morgan fingerprint density at radius 3 is 2.15 bits per heavy atom. The molecule has 1 saturated heterocycles. The van der Waals surface area contributed by atoms with Crippen molar-refractivity contribution in [2.24, 2.45) is 0 Å². The molecule has 148 valence electrons. The van der Waals surface area contributed by atoms with Crippen molar-refractivity contribution in [3.8, 4) is 0 Å². The minimum absolute atomic E-state index is 0.0246. The number of carboxylic acids is 1. The van der Waals surface area contributed by atoms with Crippen molar-refractivity contribution < 1.29 is 35.7 Å². The van der Waals surface area contributed by atoms with E-state index in [1.165, 1.54) is 0 Å². The molecule has 12 heteroatoms. The Morgan fingerprint density at radius 1 is 1.23 bits per heavy atom. The number of nitrogens with one attached hydrogen (secondary N) is 1. The number of carbonyl (C=O) groups is 1. The lowest BCUT2D eigenvalue weighted by Gasteiger charge is -2.26. The van der Waals surface area contributed by atoms with Crippen LogP contribution < -0.4 is 5.32 Å². The lowest BCUT2D eigenvalue weighted by Crippen LogP contribution is -2.47. The Hall–Kier alpha value is -1.07. The fourth-order valence-corrected chi connectivity index (χ4v) is 3.27. The minimum atomic E-state index is -4.55. The van der Waals surface area contributed by atoms with Gasteiger partial charge in [-0.3, -0.25) is 8.98 Å². The summed E-state index contributed by atoms with van der Waals surface area (Å²) in [4.78, 5) is 10.4. The number of aliphatic carboxylic acids is 1. The third-order valence-electron chi connectivity index (χ3n) is 3.40. The topological polar surface area (TPSA) is 92.7 Å². The van der Waals surface area contributed by atoms with Gasteiger partial charge >= 0.3 is 12.1 Å². The molecule has 0 aromatic heterocycles. The second kappa shape index (κ2) is 9.75. The van der Waals surface area contributed by atoms with Gasteiger partial charge < -0.3 is 10.4 Å². The SMILES string of the molecule is ClCCl.O=C(O)[C@@H]1CC[C@H](OS(=O)(=O)c2ccc(C(F)(F)F)cc2)CN1. The summed E-state index contributed by atoms with van der Waals surface area (Å²) in [7, 11) is -4.21. The number of alkyl halides is 5. The molecule has 0 radical (unpaired) electrons. The van der Waals surface area contributed by atoms with Crippen molar-refractivity contribution in [1.29, 1.82) is 0 Å². The van der Waals surface area contributed by atoms with Gasteiger partial charge in [-0.1, -0.05) is 0 Å². The normalized spacial score (nSPS) is 20.8. The summed E-state index contributed by atoms with van der Waals surface area (Å²) in [5, 5.41) is 11.6. The van der Waals surface area contributed by atoms with Gasteiger partial charge in [0.25, 0.3) is 10.1 Å². The Morgan fingerprint density at radius 2 is 1.77 bits per heavy atom. The molecule has 2 N–H and O–H groups in total. The molecule has 1 aliphatic rings. The second-order valence-corrected chi connectivity index (χ2v) is 7.55. The Kier molecular flexibility index (Phi) is 8.61. The molecule has 0 aliphatic carbocycles. The number of carboxylic acid groups (broad SMARTS) is 1. The quantitative estimate of drug-likeness (QED) is 0.555. The van der Waals surface area contributed by atoms with Crippen molar-refractivity contribution in [3.63, 3.8) is 0 Å². The van der Waals surface area contributed by atoms with Crippen LogP contribution >= 0.6 is 23.2 Å². The van der Waals surface area contributed by atoms with Crippen LogP contribution in [0, 0.1) is 0 Å². The molecule has 1 fully saturated rings. The first-order valence-electron chi connectivity index (χ1n) is 7.20. The second-order valence-electron chi connectivity index (χ2n) is 5.17. The molecule has 6 nitrogen and oxygen atoms in total. The van der Waals surface area contributed by atoms with Gasteiger partial charge in [0.1, 0.15) is 6.04 Å². The van der Waals surface area contributed by atoms with Crippen LogP contribution in [0.5, 0.6) is 0 Å². The van der Waals surface area contributed by atoms with E-state index in [1.807, 2.05) is 0 Å². The molecular weight excluding hydrogens is 422 g/mol. The van der Waals surface area contributed by atoms with Crippen LogP contribution in [0.1, 0.15) is 18.4 Å². The minimum Gasteiger partial charge on any atom is -0.480 e. The van der Waals surface area contributed by atoms with Crippen LogP contribution in [0.15, 0.2) is 29.2 Å². The first kappa shape index (κ1) is 23.0. The highest BCUT2D eigenvalue weighted by Crippen LogP contribution is 2.30. The number of hydrogen-bond acceptors (Lipinski definition) is 5. The fourth-order valence-electron chi connectivity index (χ4n) is 2.17. The van der Waals surface area contributed by atoms with E-state index in [9.17, 15) is 26.4 Å². The summed E-state index contributed by atoms with van der Waals surface area (Å²) in [5.74, 6) is -1.03. The van der Waals surface area contributed by atoms with Crippen LogP contribution in [0.3, 0.4) is 0 Å². The number of hydrogen-bond donors (Lipinski definition) is 2. The predicted octanol–water partition coefficient (Wildman–Crippen LogP) is 3.04. The van der Waals surface area contributed by atoms with Gasteiger partial charge in [0.15, 0.2) is 0 Å². The third-order valence-corrected chi connectivity index (χ3v) is 4.78. The van der Waals surface area contributed by atoms with Crippen LogP contribution in [0.25, 0.3) is 0 Å². The van der Waals surface area contributed by atoms with Crippen molar-refractivity contribution in [3.05, 3.63) is 29.8 Å². The molecule has 0 unspecified atom stereocenters. The highest BCUT2D eigenvalue weighted by molar-refractivity contribution is 7.86. The van der Waals surface area contributed by atoms with E-state index in [1.54, 1.807) is 0 Å². The number of rotatable bonds is 4. The summed E-state index contributed by atoms with van der Waals surface area (Å²) in [6.45, 7) is 0.0246. The Bertz CT molecular complexity index is 690. The molecule has 0 saturated carbocycles. The van der Waals surface area contributed by atoms with Gasteiger partial charge in [-0.2, -0.15) is 21.6 Å². The molecule has 0 bridgehead atoms. The first-order chi connectivity index (χ1) is 12.0. The van der Waals surface area contributed by atoms with Gasteiger partial charge in [-0.05, 0) is 37.1 Å². The lowest BCUT2D eigenvalue weighted by molar-refractivity contribution is -0.140. The molecule has 0 spiro atoms. The van der Waals surface area contributed by atoms with Crippen LogP contribution in [0.4, 0.5) is 13.2 Å². The summed E-state index contributed by atoms with van der Waals surface area (Å²) in [6.07, 6.45) is -4.91. The molecule has 1 aromatic carbocycles. The van der Waals surface area contributed by atoms with Crippen LogP contribution in [-0.2, 0) is 25.3 Å². The molecule has 0 amide bonds. The van der Waals surface area contributed by atoms with E-state index < -0.39 is 40.0 Å². The molecular formula is C14H16Cl2F3NO5S. The largest absolute Gasteiger partial charge is 0.480 e. The monoisotopic (exact) mass is 437 g/mol. The highest BCUT2D eigenvalue weighted by atomic mass is 35.5. The number of halogens is 5. The zero-order valence-corrected chi connectivity index (χ0v) is 15.5. The average Bonchev–Trinajstić information content (AvgIpc) is 2.55. The lowest BCUT2D eigenvalue weighted by atomic mass is 10.0. The number of piperidine rings is 1. The van der Waals surface area contributed by atoms with E-state index in [4.69, 9.17) is 32.5 Å². The van der Waals surface area contributed by atoms with Gasteiger partial charge in [0, 0.05) is 6.54 Å². The van der Waals surface area contributed by atoms with E-state index in [0.717, 1.165) is 12.1 Å². The van der Waals surface area contributed by atoms with Gasteiger partial charge in [0.2, 0.25) is 0 Å². The van der Waals surface area contributed by atoms with Crippen molar-refractivity contribution in [2.45, 2.75) is 36.1 Å². The number of benzene rings is 1. The zero-order valence-electron chi connectivity index (χ0n) is 13.2. The third kappa shape index (κ3) is 6.92. The molecule has 1 heterocycles. The molecule has 26 heavy (non-hydrogen) atoms. The maximum absolute atomic E-state index is 12.5. The van der Waals surface area contributed by atoms with Crippen molar-refractivity contribution in [1.82, 2.24) is 5.32 Å². The molecule has 2 rings (SSSR count). The molecule has 1 aromatic rings. The Labute approximate surface area is 158 Å². The van der Waals surface area contributed by atoms with Crippen molar-refractivity contribution >= 4 is 39.3 Å². The highest BCUT2D eigenvalue weighted by Gasteiger charge is 2.32. The van der Waals surface area contributed by atoms with Crippen LogP contribution in [-0.4, -0.2) is 43.5 Å². The van der Waals surface area contributed by atoms with E-state index >= 15 is 0 Å². The average molecular weight is 438 g/mol. The zero-order chi connectivity index (χ0) is 20.0. The van der Waals surface area contributed by atoms with Crippen molar-refractivity contribution in [2.75, 3.05) is 11.9 Å². The first-order valence-corrected chi connectivity index (χ1v) is 9.67. The van der Waals surface area contributed by atoms with Crippen LogP contribution in [0.2, 0.25) is 0 Å². The molecule has 2 atom stereocenters. The van der Waals surface area contributed by atoms with Gasteiger partial charge in [0.05, 0.1) is 21.9 Å². The summed E-state index contributed by atoms with van der Waals surface area (Å²) in [5.41, 5.74) is -0.958. The fraction of sp³-hybridized carbons (Fsp3) is 0.500. The smallest absolute Gasteiger partial charge is 0.416 e. The maximum atomic E-state index is 12.5. The van der Waals surface area contributed by atoms with Gasteiger partial charge in [-0.15, -0.1) is 23.2 Å². The Balaban J connectivity index is 0.00000105. The summed E-state index contributed by atoms with van der Waals surface area (Å²) >= 11 is 9.53. The van der Waals surface area contributed by atoms with E-state index in [2.05, 4.69) is 5.32 Å². The summed E-state index contributed by atoms with van der Waals surface area (Å²) in [6, 6.07) is 2.22.